The van der Waals surface area contributed by atoms with E-state index < -0.39 is 5.97 Å². The number of carbonyl (C=O) groups excluding carboxylic acids is 1. The minimum Gasteiger partial charge on any atom is -0.478 e. The number of carbonyl (C=O) groups is 2. The summed E-state index contributed by atoms with van der Waals surface area (Å²) in [5.41, 5.74) is 1.52. The van der Waals surface area contributed by atoms with Crippen molar-refractivity contribution in [2.24, 2.45) is 0 Å². The fourth-order valence-electron chi connectivity index (χ4n) is 1.26. The molecule has 1 aromatic rings. The minimum absolute atomic E-state index is 0.0262. The molecule has 0 saturated carbocycles. The van der Waals surface area contributed by atoms with Gasteiger partial charge < -0.3 is 5.11 Å². The van der Waals surface area contributed by atoms with Gasteiger partial charge in [-0.2, -0.15) is 0 Å². The Bertz CT molecular complexity index is 469. The Morgan fingerprint density at radius 3 is 2.71 bits per heavy atom. The second-order valence-electron chi connectivity index (χ2n) is 3.37. The topological polar surface area (TPSA) is 54.4 Å². The predicted molar refractivity (Wildman–Crippen MR) is 70.2 cm³/mol. The molecule has 1 rings (SSSR count). The molecule has 90 valence electrons. The molecule has 0 saturated heterocycles. The van der Waals surface area contributed by atoms with Gasteiger partial charge >= 0.3 is 5.97 Å². The third-order valence-electron chi connectivity index (χ3n) is 2.02. The molecular formula is C12H10BrClO3. The largest absolute Gasteiger partial charge is 0.478 e. The number of halogens is 2. The molecule has 5 heteroatoms. The lowest BCUT2D eigenvalue weighted by atomic mass is 10.1. The highest BCUT2D eigenvalue weighted by Gasteiger charge is 2.06. The Morgan fingerprint density at radius 2 is 2.12 bits per heavy atom. The van der Waals surface area contributed by atoms with Crippen LogP contribution in [-0.2, 0) is 16.0 Å². The van der Waals surface area contributed by atoms with Crippen LogP contribution in [0.5, 0.6) is 0 Å². The van der Waals surface area contributed by atoms with Crippen LogP contribution in [0, 0.1) is 0 Å². The number of aliphatic carboxylic acids is 1. The fourth-order valence-corrected chi connectivity index (χ4v) is 1.74. The molecule has 0 atom stereocenters. The predicted octanol–water partition coefficient (Wildman–Crippen LogP) is 2.90. The first-order chi connectivity index (χ1) is 8.02. The Labute approximate surface area is 112 Å². The number of rotatable bonds is 5. The molecule has 1 aromatic carbocycles. The summed E-state index contributed by atoms with van der Waals surface area (Å²) in [6, 6.07) is 5.30. The molecule has 3 nitrogen and oxygen atoms in total. The maximum Gasteiger partial charge on any atom is 0.328 e. The van der Waals surface area contributed by atoms with Crippen LogP contribution in [0.3, 0.4) is 0 Å². The van der Waals surface area contributed by atoms with Gasteiger partial charge in [-0.25, -0.2) is 4.79 Å². The van der Waals surface area contributed by atoms with Gasteiger partial charge in [-0.15, -0.1) is 11.6 Å². The molecule has 0 unspecified atom stereocenters. The van der Waals surface area contributed by atoms with Gasteiger partial charge in [-0.05, 0) is 23.3 Å². The van der Waals surface area contributed by atoms with Crippen LogP contribution in [0.1, 0.15) is 11.1 Å². The summed E-state index contributed by atoms with van der Waals surface area (Å²) < 4.78 is 0.809. The second-order valence-corrected chi connectivity index (χ2v) is 4.49. The molecule has 0 aliphatic heterocycles. The molecule has 0 aliphatic rings. The van der Waals surface area contributed by atoms with Gasteiger partial charge in [-0.1, -0.05) is 28.1 Å². The SMILES string of the molecule is O=C(O)/C=C/c1ccc(Br)c(CC(=O)CCl)c1. The maximum atomic E-state index is 11.2. The summed E-state index contributed by atoms with van der Waals surface area (Å²) in [5.74, 6) is -1.11. The van der Waals surface area contributed by atoms with Crippen LogP contribution in [0.15, 0.2) is 28.7 Å². The zero-order valence-corrected chi connectivity index (χ0v) is 11.2. The van der Waals surface area contributed by atoms with Gasteiger partial charge in [0.05, 0.1) is 5.88 Å². The summed E-state index contributed by atoms with van der Waals surface area (Å²) >= 11 is 8.77. The third kappa shape index (κ3) is 4.71. The number of carboxylic acid groups (broad SMARTS) is 1. The first-order valence-electron chi connectivity index (χ1n) is 4.80. The van der Waals surface area contributed by atoms with Crippen molar-refractivity contribution in [3.63, 3.8) is 0 Å². The van der Waals surface area contributed by atoms with Gasteiger partial charge in [0.15, 0.2) is 5.78 Å². The number of alkyl halides is 1. The van der Waals surface area contributed by atoms with Crippen LogP contribution < -0.4 is 0 Å². The summed E-state index contributed by atoms with van der Waals surface area (Å²) in [6.07, 6.45) is 2.76. The van der Waals surface area contributed by atoms with Crippen molar-refractivity contribution >= 4 is 45.4 Å². The van der Waals surface area contributed by atoms with Crippen molar-refractivity contribution in [2.45, 2.75) is 6.42 Å². The van der Waals surface area contributed by atoms with E-state index >= 15 is 0 Å². The van der Waals surface area contributed by atoms with Crippen molar-refractivity contribution in [1.82, 2.24) is 0 Å². The van der Waals surface area contributed by atoms with E-state index in [4.69, 9.17) is 16.7 Å². The fraction of sp³-hybridized carbons (Fsp3) is 0.167. The molecule has 0 bridgehead atoms. The van der Waals surface area contributed by atoms with Crippen molar-refractivity contribution in [3.8, 4) is 0 Å². The molecule has 0 fully saturated rings. The van der Waals surface area contributed by atoms with E-state index in [9.17, 15) is 9.59 Å². The highest BCUT2D eigenvalue weighted by atomic mass is 79.9. The molecule has 0 spiro atoms. The van der Waals surface area contributed by atoms with E-state index in [-0.39, 0.29) is 18.1 Å². The lowest BCUT2D eigenvalue weighted by Crippen LogP contribution is -2.04. The Balaban J connectivity index is 2.94. The number of hydrogen-bond acceptors (Lipinski definition) is 2. The lowest BCUT2D eigenvalue weighted by Gasteiger charge is -2.04. The molecule has 0 heterocycles. The van der Waals surface area contributed by atoms with Gasteiger partial charge in [-0.3, -0.25) is 4.79 Å². The van der Waals surface area contributed by atoms with Crippen LogP contribution in [0.25, 0.3) is 6.08 Å². The van der Waals surface area contributed by atoms with E-state index in [2.05, 4.69) is 15.9 Å². The normalized spacial score (nSPS) is 10.7. The first-order valence-corrected chi connectivity index (χ1v) is 6.12. The van der Waals surface area contributed by atoms with Crippen LogP contribution in [0.2, 0.25) is 0 Å². The molecule has 0 amide bonds. The molecular weight excluding hydrogens is 307 g/mol. The zero-order valence-electron chi connectivity index (χ0n) is 8.82. The third-order valence-corrected chi connectivity index (χ3v) is 3.10. The first kappa shape index (κ1) is 13.9. The number of ketones is 1. The highest BCUT2D eigenvalue weighted by molar-refractivity contribution is 9.10. The molecule has 0 radical (unpaired) electrons. The van der Waals surface area contributed by atoms with Gasteiger partial charge in [0.2, 0.25) is 0 Å². The Morgan fingerprint density at radius 1 is 1.41 bits per heavy atom. The minimum atomic E-state index is -1.01. The second kappa shape index (κ2) is 6.57. The van der Waals surface area contributed by atoms with Crippen molar-refractivity contribution in [2.75, 3.05) is 5.88 Å². The van der Waals surface area contributed by atoms with Crippen molar-refractivity contribution < 1.29 is 14.7 Å². The van der Waals surface area contributed by atoms with Gasteiger partial charge in [0.1, 0.15) is 0 Å². The molecule has 0 aromatic heterocycles. The van der Waals surface area contributed by atoms with E-state index in [1.165, 1.54) is 6.08 Å². The van der Waals surface area contributed by atoms with Gasteiger partial charge in [0.25, 0.3) is 0 Å². The quantitative estimate of drug-likeness (QED) is 0.671. The summed E-state index contributed by atoms with van der Waals surface area (Å²) in [4.78, 5) is 21.6. The average Bonchev–Trinajstić information content (AvgIpc) is 2.29. The smallest absolute Gasteiger partial charge is 0.328 e. The number of Topliss-reactive ketones (excluding diaryl/α,β-unsaturated/α-hetero) is 1. The zero-order chi connectivity index (χ0) is 12.8. The number of hydrogen-bond donors (Lipinski definition) is 1. The van der Waals surface area contributed by atoms with Crippen molar-refractivity contribution in [3.05, 3.63) is 39.9 Å². The van der Waals surface area contributed by atoms with E-state index in [1.807, 2.05) is 0 Å². The van der Waals surface area contributed by atoms with E-state index in [0.717, 1.165) is 21.7 Å². The van der Waals surface area contributed by atoms with Crippen LogP contribution in [-0.4, -0.2) is 22.7 Å². The Kier molecular flexibility index (Phi) is 5.38. The molecule has 17 heavy (non-hydrogen) atoms. The standard InChI is InChI=1S/C12H10BrClO3/c13-11-3-1-8(2-4-12(16)17)5-9(11)6-10(15)7-14/h1-5H,6-7H2,(H,16,17)/b4-2+. The van der Waals surface area contributed by atoms with Crippen LogP contribution >= 0.6 is 27.5 Å². The maximum absolute atomic E-state index is 11.2. The van der Waals surface area contributed by atoms with Crippen LogP contribution in [0.4, 0.5) is 0 Å². The van der Waals surface area contributed by atoms with Crippen molar-refractivity contribution in [1.29, 1.82) is 0 Å². The summed E-state index contributed by atoms with van der Waals surface area (Å²) in [7, 11) is 0. The number of carboxylic acids is 1. The number of benzene rings is 1. The monoisotopic (exact) mass is 316 g/mol. The summed E-state index contributed by atoms with van der Waals surface area (Å²) in [5, 5.41) is 8.51. The van der Waals surface area contributed by atoms with E-state index in [0.29, 0.717) is 0 Å². The molecule has 0 aliphatic carbocycles. The highest BCUT2D eigenvalue weighted by Crippen LogP contribution is 2.20. The average molecular weight is 318 g/mol. The van der Waals surface area contributed by atoms with E-state index in [1.54, 1.807) is 18.2 Å². The summed E-state index contributed by atoms with van der Waals surface area (Å²) in [6.45, 7) is 0. The molecule has 1 N–H and O–H groups in total. The Hall–Kier alpha value is -1.13. The lowest BCUT2D eigenvalue weighted by molar-refractivity contribution is -0.131. The van der Waals surface area contributed by atoms with Gasteiger partial charge in [0, 0.05) is 17.0 Å².